The quantitative estimate of drug-likeness (QED) is 0.0195. The molecule has 0 saturated carbocycles. The van der Waals surface area contributed by atoms with Crippen LogP contribution >= 0.6 is 0 Å². The van der Waals surface area contributed by atoms with Crippen molar-refractivity contribution in [1.82, 2.24) is 4.90 Å². The molecule has 0 amide bonds. The zero-order valence-corrected chi connectivity index (χ0v) is 41.0. The first-order valence-electron chi connectivity index (χ1n) is 25.8. The second kappa shape index (κ2) is 41.4. The summed E-state index contributed by atoms with van der Waals surface area (Å²) in [5, 5.41) is 0. The zero-order valence-electron chi connectivity index (χ0n) is 41.0. The van der Waals surface area contributed by atoms with Crippen molar-refractivity contribution >= 4 is 12.1 Å². The Morgan fingerprint density at radius 2 is 1.16 bits per heavy atom. The van der Waals surface area contributed by atoms with Crippen molar-refractivity contribution in [1.29, 1.82) is 0 Å². The van der Waals surface area contributed by atoms with Gasteiger partial charge in [-0.3, -0.25) is 4.79 Å². The summed E-state index contributed by atoms with van der Waals surface area (Å²) in [4.78, 5) is 28.0. The summed E-state index contributed by atoms with van der Waals surface area (Å²) in [7, 11) is 0. The third-order valence-corrected chi connectivity index (χ3v) is 11.9. The average Bonchev–Trinajstić information content (AvgIpc) is 3.27. The molecule has 1 heterocycles. The summed E-state index contributed by atoms with van der Waals surface area (Å²) in [5.41, 5.74) is -0.0978. The first kappa shape index (κ1) is 57.7. The topological polar surface area (TPSA) is 92.8 Å². The molecule has 0 bridgehead atoms. The smallest absolute Gasteiger partial charge is 0.498 e. The summed E-state index contributed by atoms with van der Waals surface area (Å²) < 4.78 is 35.5. The Hall–Kier alpha value is -2.36. The van der Waals surface area contributed by atoms with E-state index in [1.54, 1.807) is 0 Å². The number of unbranched alkanes of at least 4 members (excludes halogenated alkanes) is 18. The van der Waals surface area contributed by atoms with Crippen LogP contribution in [0, 0.1) is 11.3 Å². The second-order valence-corrected chi connectivity index (χ2v) is 18.3. The Labute approximate surface area is 381 Å². The van der Waals surface area contributed by atoms with Gasteiger partial charge >= 0.3 is 12.1 Å². The van der Waals surface area contributed by atoms with Gasteiger partial charge in [0.25, 0.3) is 0 Å². The van der Waals surface area contributed by atoms with Crippen LogP contribution in [0.15, 0.2) is 36.6 Å². The van der Waals surface area contributed by atoms with Gasteiger partial charge in [-0.05, 0) is 77.3 Å². The van der Waals surface area contributed by atoms with Crippen molar-refractivity contribution in [3.8, 4) is 0 Å². The highest BCUT2D eigenvalue weighted by atomic mass is 16.7. The molecule has 0 radical (unpaired) electrons. The van der Waals surface area contributed by atoms with Gasteiger partial charge in [-0.1, -0.05) is 162 Å². The Morgan fingerprint density at radius 1 is 0.629 bits per heavy atom. The molecule has 362 valence electrons. The molecule has 0 spiro atoms. The van der Waals surface area contributed by atoms with Crippen LogP contribution in [-0.2, 0) is 33.2 Å². The fourth-order valence-corrected chi connectivity index (χ4v) is 7.78. The van der Waals surface area contributed by atoms with Gasteiger partial charge in [0.1, 0.15) is 19.8 Å². The lowest BCUT2D eigenvalue weighted by molar-refractivity contribution is -0.148. The SMILES string of the molecule is C=C(CCC(OCCCCCCCC)OCCCCCCCC)OCC(COC(=O)CCCCCCC/C=C\C/C=C\CCCCC)COC(=O)OCC1(C)CCCN(CC)C1. The normalized spacial score (nSPS) is 16.4. The largest absolute Gasteiger partial charge is 0.508 e. The van der Waals surface area contributed by atoms with E-state index >= 15 is 0 Å². The maximum atomic E-state index is 12.8. The van der Waals surface area contributed by atoms with Gasteiger partial charge in [-0.15, -0.1) is 0 Å². The van der Waals surface area contributed by atoms with E-state index < -0.39 is 6.16 Å². The molecular weight excluding hydrogens is 779 g/mol. The second-order valence-electron chi connectivity index (χ2n) is 18.3. The van der Waals surface area contributed by atoms with Crippen molar-refractivity contribution in [3.63, 3.8) is 0 Å². The van der Waals surface area contributed by atoms with E-state index in [4.69, 9.17) is 28.4 Å². The molecule has 0 aromatic rings. The maximum absolute atomic E-state index is 12.8. The van der Waals surface area contributed by atoms with Crippen molar-refractivity contribution in [2.75, 3.05) is 59.3 Å². The van der Waals surface area contributed by atoms with Crippen molar-refractivity contribution in [2.24, 2.45) is 11.3 Å². The minimum Gasteiger partial charge on any atom is -0.498 e. The number of carbonyl (C=O) groups is 2. The van der Waals surface area contributed by atoms with E-state index in [2.05, 4.69) is 70.4 Å². The van der Waals surface area contributed by atoms with Gasteiger partial charge in [-0.25, -0.2) is 4.79 Å². The highest BCUT2D eigenvalue weighted by Gasteiger charge is 2.32. The molecule has 1 aliphatic heterocycles. The third kappa shape index (κ3) is 35.0. The minimum atomic E-state index is -0.701. The number of hydrogen-bond acceptors (Lipinski definition) is 9. The molecule has 0 aromatic heterocycles. The van der Waals surface area contributed by atoms with E-state index in [9.17, 15) is 9.59 Å². The summed E-state index contributed by atoms with van der Waals surface area (Å²) in [6, 6.07) is 0. The number of carbonyl (C=O) groups excluding carboxylic acids is 2. The lowest BCUT2D eigenvalue weighted by Gasteiger charge is -2.39. The molecule has 0 N–H and O–H groups in total. The molecular formula is C53H97NO8. The first-order valence-corrected chi connectivity index (χ1v) is 25.8. The summed E-state index contributed by atoms with van der Waals surface area (Å²) >= 11 is 0. The Morgan fingerprint density at radius 3 is 1.79 bits per heavy atom. The maximum Gasteiger partial charge on any atom is 0.508 e. The molecule has 0 aliphatic carbocycles. The van der Waals surface area contributed by atoms with Crippen molar-refractivity contribution < 1.29 is 38.0 Å². The van der Waals surface area contributed by atoms with Crippen LogP contribution in [0.4, 0.5) is 4.79 Å². The number of likely N-dealkylation sites (tertiary alicyclic amines) is 1. The van der Waals surface area contributed by atoms with Gasteiger partial charge in [0, 0.05) is 44.4 Å². The Kier molecular flexibility index (Phi) is 38.5. The summed E-state index contributed by atoms with van der Waals surface area (Å²) in [6.45, 7) is 20.2. The number of hydrogen-bond donors (Lipinski definition) is 0. The minimum absolute atomic E-state index is 0.0201. The third-order valence-electron chi connectivity index (χ3n) is 11.9. The van der Waals surface area contributed by atoms with Crippen LogP contribution in [0.1, 0.15) is 214 Å². The van der Waals surface area contributed by atoms with Crippen LogP contribution in [0.5, 0.6) is 0 Å². The van der Waals surface area contributed by atoms with E-state index in [-0.39, 0.29) is 43.4 Å². The lowest BCUT2D eigenvalue weighted by Crippen LogP contribution is -2.44. The lowest BCUT2D eigenvalue weighted by atomic mass is 9.83. The average molecular weight is 876 g/mol. The fourth-order valence-electron chi connectivity index (χ4n) is 7.78. The molecule has 9 nitrogen and oxygen atoms in total. The number of allylic oxidation sites excluding steroid dienone is 5. The van der Waals surface area contributed by atoms with E-state index in [0.29, 0.717) is 44.8 Å². The van der Waals surface area contributed by atoms with Crippen LogP contribution < -0.4 is 0 Å². The van der Waals surface area contributed by atoms with Gasteiger partial charge < -0.3 is 33.3 Å². The standard InChI is InChI=1S/C53H97NO8/c1-7-11-14-17-20-21-22-23-24-25-26-27-28-29-32-36-50(55)60-44-49(45-61-52(56)62-47-53(6)39-35-40-54(10-4)46-53)43-59-48(5)37-38-51(57-41-33-30-18-15-12-8-2)58-42-34-31-19-16-13-9-3/h20-21,23-24,49,51H,5,7-19,22,25-47H2,1-4,6H3/b21-20-,24-23-. The van der Waals surface area contributed by atoms with E-state index in [0.717, 1.165) is 83.8 Å². The van der Waals surface area contributed by atoms with Gasteiger partial charge in [-0.2, -0.15) is 0 Å². The summed E-state index contributed by atoms with van der Waals surface area (Å²) in [5.74, 6) is 0.00846. The van der Waals surface area contributed by atoms with Crippen LogP contribution in [0.3, 0.4) is 0 Å². The highest BCUT2D eigenvalue weighted by molar-refractivity contribution is 5.69. The monoisotopic (exact) mass is 876 g/mol. The van der Waals surface area contributed by atoms with Crippen LogP contribution in [0.2, 0.25) is 0 Å². The molecule has 2 unspecified atom stereocenters. The van der Waals surface area contributed by atoms with Crippen LogP contribution in [-0.4, -0.2) is 82.6 Å². The molecule has 9 heteroatoms. The number of rotatable bonds is 43. The fraction of sp³-hybridized carbons (Fsp3) is 0.849. The first-order chi connectivity index (χ1) is 30.2. The molecule has 1 saturated heterocycles. The number of nitrogens with zero attached hydrogens (tertiary/aromatic N) is 1. The van der Waals surface area contributed by atoms with Gasteiger partial charge in [0.2, 0.25) is 0 Å². The number of ether oxygens (including phenoxy) is 6. The number of piperidine rings is 1. The van der Waals surface area contributed by atoms with Crippen LogP contribution in [0.25, 0.3) is 0 Å². The molecule has 1 fully saturated rings. The van der Waals surface area contributed by atoms with E-state index in [1.165, 1.54) is 96.3 Å². The van der Waals surface area contributed by atoms with E-state index in [1.807, 2.05) is 0 Å². The predicted molar refractivity (Wildman–Crippen MR) is 257 cm³/mol. The molecule has 2 atom stereocenters. The summed E-state index contributed by atoms with van der Waals surface area (Å²) in [6.07, 6.45) is 38.8. The molecule has 1 aliphatic rings. The predicted octanol–water partition coefficient (Wildman–Crippen LogP) is 14.6. The van der Waals surface area contributed by atoms with Gasteiger partial charge in [0.05, 0.1) is 18.3 Å². The highest BCUT2D eigenvalue weighted by Crippen LogP contribution is 2.30. The van der Waals surface area contributed by atoms with Crippen molar-refractivity contribution in [2.45, 2.75) is 221 Å². The molecule has 0 aromatic carbocycles. The van der Waals surface area contributed by atoms with Crippen molar-refractivity contribution in [3.05, 3.63) is 36.6 Å². The van der Waals surface area contributed by atoms with Gasteiger partial charge in [0.15, 0.2) is 6.29 Å². The Bertz CT molecular complexity index is 1110. The zero-order chi connectivity index (χ0) is 45.2. The number of esters is 1. The molecule has 1 rings (SSSR count). The Balaban J connectivity index is 2.59. The molecule has 62 heavy (non-hydrogen) atoms.